The molecule has 6 aromatic heterocycles. The van der Waals surface area contributed by atoms with Gasteiger partial charge in [-0.25, -0.2) is 29.9 Å². The third-order valence-corrected chi connectivity index (χ3v) is 23.5. The zero-order chi connectivity index (χ0) is 82.0. The van der Waals surface area contributed by atoms with Crippen LogP contribution in [0.2, 0.25) is 0 Å². The van der Waals surface area contributed by atoms with E-state index in [2.05, 4.69) is 352 Å². The van der Waals surface area contributed by atoms with Crippen LogP contribution >= 0.6 is 0 Å². The summed E-state index contributed by atoms with van der Waals surface area (Å²) in [4.78, 5) is 31.3. The molecule has 0 N–H and O–H groups in total. The molecule has 0 bridgehead atoms. The lowest BCUT2D eigenvalue weighted by atomic mass is 9.94. The molecule has 0 aliphatic carbocycles. The van der Waals surface area contributed by atoms with Gasteiger partial charge in [0.15, 0.2) is 34.9 Å². The van der Waals surface area contributed by atoms with Gasteiger partial charge in [0.1, 0.15) is 44.7 Å². The molecule has 10 nitrogen and oxygen atoms in total. The summed E-state index contributed by atoms with van der Waals surface area (Å²) in [5.74, 6) is 3.51. The molecule has 580 valence electrons. The Kier molecular flexibility index (Phi) is 18.0. The molecule has 0 radical (unpaired) electrons. The maximum Gasteiger partial charge on any atom is 0.164 e. The Morgan fingerprint density at radius 3 is 0.661 bits per heavy atom. The van der Waals surface area contributed by atoms with E-state index in [0.29, 0.717) is 34.9 Å². The molecule has 0 amide bonds. The van der Waals surface area contributed by atoms with E-state index in [1.165, 1.54) is 0 Å². The highest BCUT2D eigenvalue weighted by Gasteiger charge is 2.23. The predicted octanol–water partition coefficient (Wildman–Crippen LogP) is 30.7. The van der Waals surface area contributed by atoms with Gasteiger partial charge in [-0.1, -0.05) is 340 Å². The third kappa shape index (κ3) is 13.7. The second kappa shape index (κ2) is 30.8. The number of hydrogen-bond acceptors (Lipinski definition) is 10. The molecule has 0 saturated carbocycles. The summed E-state index contributed by atoms with van der Waals surface area (Å²) < 4.78 is 25.7. The van der Waals surface area contributed by atoms with Crippen molar-refractivity contribution >= 4 is 87.8 Å². The van der Waals surface area contributed by atoms with Crippen molar-refractivity contribution in [1.82, 2.24) is 29.9 Å². The number of benzene rings is 18. The normalized spacial score (nSPS) is 11.5. The van der Waals surface area contributed by atoms with Crippen molar-refractivity contribution in [3.8, 4) is 157 Å². The molecule has 24 aromatic rings. The summed E-state index contributed by atoms with van der Waals surface area (Å²) in [5, 5.41) is 8.59. The summed E-state index contributed by atoms with van der Waals surface area (Å²) in [7, 11) is 0. The van der Waals surface area contributed by atoms with Gasteiger partial charge in [-0.05, 0) is 163 Å². The monoisotopic (exact) mass is 1590 g/mol. The number of hydrogen-bond donors (Lipinski definition) is 0. The van der Waals surface area contributed by atoms with Crippen molar-refractivity contribution in [1.29, 1.82) is 0 Å². The van der Waals surface area contributed by atoms with E-state index in [9.17, 15) is 0 Å². The van der Waals surface area contributed by atoms with Crippen LogP contribution < -0.4 is 0 Å². The van der Waals surface area contributed by atoms with Crippen LogP contribution in [0.5, 0.6) is 0 Å². The topological polar surface area (TPSA) is 130 Å². The summed E-state index contributed by atoms with van der Waals surface area (Å²) in [6.07, 6.45) is 0. The summed E-state index contributed by atoms with van der Waals surface area (Å²) in [6, 6.07) is 147. The molecule has 0 saturated heterocycles. The molecule has 0 fully saturated rings. The van der Waals surface area contributed by atoms with Gasteiger partial charge in [0, 0.05) is 87.6 Å². The fourth-order valence-corrected chi connectivity index (χ4v) is 17.2. The van der Waals surface area contributed by atoms with Crippen molar-refractivity contribution in [3.63, 3.8) is 0 Å². The van der Waals surface area contributed by atoms with Crippen LogP contribution in [0.4, 0.5) is 0 Å². The van der Waals surface area contributed by atoms with Gasteiger partial charge in [-0.3, -0.25) is 0 Å². The van der Waals surface area contributed by atoms with Crippen LogP contribution in [-0.2, 0) is 0 Å². The highest BCUT2D eigenvalue weighted by Crippen LogP contribution is 2.45. The molecular formula is C114H70N6O4. The second-order valence-electron chi connectivity index (χ2n) is 31.2. The first-order valence-electron chi connectivity index (χ1n) is 41.5. The molecule has 10 heteroatoms. The van der Waals surface area contributed by atoms with Crippen LogP contribution in [0.1, 0.15) is 0 Å². The molecule has 0 atom stereocenters. The van der Waals surface area contributed by atoms with E-state index >= 15 is 0 Å². The Hall–Kier alpha value is -16.8. The van der Waals surface area contributed by atoms with Gasteiger partial charge in [-0.2, -0.15) is 0 Å². The summed E-state index contributed by atoms with van der Waals surface area (Å²) in [6.45, 7) is 0. The second-order valence-corrected chi connectivity index (χ2v) is 31.2. The van der Waals surface area contributed by atoms with E-state index in [4.69, 9.17) is 47.6 Å². The number of para-hydroxylation sites is 6. The number of nitrogens with zero attached hydrogens (tertiary/aromatic N) is 6. The van der Waals surface area contributed by atoms with Crippen LogP contribution in [0.3, 0.4) is 0 Å². The predicted molar refractivity (Wildman–Crippen MR) is 505 cm³/mol. The Morgan fingerprint density at radius 1 is 0.121 bits per heavy atom. The fraction of sp³-hybridized carbons (Fsp3) is 0. The van der Waals surface area contributed by atoms with Gasteiger partial charge in [0.05, 0.1) is 0 Å². The Balaban J connectivity index is 0.000000143. The van der Waals surface area contributed by atoms with Crippen molar-refractivity contribution < 1.29 is 17.7 Å². The zero-order valence-electron chi connectivity index (χ0n) is 66.7. The average Bonchev–Trinajstić information content (AvgIpc) is 1.55. The first kappa shape index (κ1) is 72.4. The lowest BCUT2D eigenvalue weighted by molar-refractivity contribution is 0.668. The average molecular weight is 1590 g/mol. The molecule has 24 rings (SSSR count). The Labute approximate surface area is 712 Å². The first-order valence-corrected chi connectivity index (χ1v) is 41.5. The SMILES string of the molecule is c1ccc(-c2ccc(-c3nc(-c4ccc(-c5ccccc5)cc4)nc(-c4cc(-c5ccc6oc7ccccc7c6c5)cc(-c5ccc6oc7ccccc7c6c5)c4)n3)cc2)cc1.c1ccc(-c2ccc(-c3nc(-c4ccc(-c5ccccc5)cc4)nc(-c4cc(-c5cccc6c5oc5ccccc56)cc(-c5cccc6c5oc5ccccc56)c4)n3)cc2)cc1. The van der Waals surface area contributed by atoms with Gasteiger partial charge in [-0.15, -0.1) is 0 Å². The highest BCUT2D eigenvalue weighted by atomic mass is 16.3. The number of rotatable bonds is 14. The van der Waals surface area contributed by atoms with E-state index in [1.54, 1.807) is 0 Å². The minimum atomic E-state index is 0.556. The Morgan fingerprint density at radius 2 is 0.339 bits per heavy atom. The van der Waals surface area contributed by atoms with Crippen molar-refractivity contribution in [2.45, 2.75) is 0 Å². The minimum Gasteiger partial charge on any atom is -0.456 e. The van der Waals surface area contributed by atoms with Crippen LogP contribution in [0.25, 0.3) is 245 Å². The zero-order valence-corrected chi connectivity index (χ0v) is 66.7. The van der Waals surface area contributed by atoms with Crippen LogP contribution in [0, 0.1) is 0 Å². The van der Waals surface area contributed by atoms with E-state index in [0.717, 1.165) is 210 Å². The smallest absolute Gasteiger partial charge is 0.164 e. The van der Waals surface area contributed by atoms with Crippen molar-refractivity contribution in [3.05, 3.63) is 425 Å². The van der Waals surface area contributed by atoms with Crippen molar-refractivity contribution in [2.24, 2.45) is 0 Å². The lowest BCUT2D eigenvalue weighted by Crippen LogP contribution is -2.01. The standard InChI is InChI=1S/2C57H35N3O2/c1-3-13-36(14-4-1)38-25-29-40(30-26-38)55-58-56(41-31-27-39(28-32-41)37-15-5-2-6-16-37)60-57(59-55)44-34-42(45-19-11-21-49-47-17-7-9-23-51(47)61-53(45)49)33-43(35-44)46-20-12-22-50-48-18-8-10-24-52(48)62-54(46)50;1-3-11-36(12-4-1)38-19-23-40(24-20-38)55-58-56(41-25-21-39(22-26-41)37-13-5-2-6-14-37)60-57(59-55)46-32-44(42-27-29-53-49(34-42)47-15-7-9-17-51(47)61-53)31-45(33-46)43-28-30-54-50(35-43)48-16-8-10-18-52(48)62-54/h2*1-35H. The molecule has 0 aliphatic heterocycles. The van der Waals surface area contributed by atoms with Gasteiger partial charge in [0.25, 0.3) is 0 Å². The molecular weight excluding hydrogens is 1520 g/mol. The van der Waals surface area contributed by atoms with Gasteiger partial charge in [0.2, 0.25) is 0 Å². The van der Waals surface area contributed by atoms with Gasteiger partial charge >= 0.3 is 0 Å². The first-order chi connectivity index (χ1) is 61.4. The molecule has 18 aromatic carbocycles. The van der Waals surface area contributed by atoms with E-state index in [1.807, 2.05) is 72.8 Å². The van der Waals surface area contributed by atoms with E-state index < -0.39 is 0 Å². The summed E-state index contributed by atoms with van der Waals surface area (Å²) >= 11 is 0. The molecule has 0 spiro atoms. The number of aromatic nitrogens is 6. The van der Waals surface area contributed by atoms with Crippen LogP contribution in [0.15, 0.2) is 442 Å². The largest absolute Gasteiger partial charge is 0.456 e. The summed E-state index contributed by atoms with van der Waals surface area (Å²) in [5.41, 5.74) is 29.3. The van der Waals surface area contributed by atoms with Crippen molar-refractivity contribution in [2.75, 3.05) is 0 Å². The molecule has 0 aliphatic rings. The highest BCUT2D eigenvalue weighted by molar-refractivity contribution is 6.13. The molecule has 124 heavy (non-hydrogen) atoms. The minimum absolute atomic E-state index is 0.556. The maximum atomic E-state index is 6.62. The quantitative estimate of drug-likeness (QED) is 0.104. The Bertz CT molecular complexity index is 7720. The third-order valence-electron chi connectivity index (χ3n) is 23.5. The molecule has 0 unspecified atom stereocenters. The van der Waals surface area contributed by atoms with E-state index in [-0.39, 0.29) is 0 Å². The number of fused-ring (bicyclic) bond motifs is 12. The molecule has 6 heterocycles. The lowest BCUT2D eigenvalue weighted by Gasteiger charge is -2.13. The number of furan rings is 4. The van der Waals surface area contributed by atoms with Gasteiger partial charge < -0.3 is 17.7 Å². The maximum absolute atomic E-state index is 6.62. The fourth-order valence-electron chi connectivity index (χ4n) is 17.2. The van der Waals surface area contributed by atoms with Crippen LogP contribution in [-0.4, -0.2) is 29.9 Å².